The second-order valence-electron chi connectivity index (χ2n) is 5.03. The maximum Gasteiger partial charge on any atom is 0.404 e. The Hall–Kier alpha value is -2.83. The van der Waals surface area contributed by atoms with Gasteiger partial charge >= 0.3 is 6.09 Å². The van der Waals surface area contributed by atoms with Crippen molar-refractivity contribution in [3.05, 3.63) is 35.4 Å². The van der Waals surface area contributed by atoms with Crippen LogP contribution in [0.3, 0.4) is 0 Å². The fourth-order valence-corrected chi connectivity index (χ4v) is 2.19. The fraction of sp³-hybridized carbons (Fsp3) is 0.267. The second-order valence-corrected chi connectivity index (χ2v) is 5.03. The number of carbonyl (C=O) groups is 1. The van der Waals surface area contributed by atoms with Crippen molar-refractivity contribution in [2.75, 3.05) is 24.1 Å². The van der Waals surface area contributed by atoms with E-state index in [1.807, 2.05) is 26.0 Å². The first-order valence-electron chi connectivity index (χ1n) is 6.88. The van der Waals surface area contributed by atoms with Gasteiger partial charge in [-0.15, -0.1) is 0 Å². The highest BCUT2D eigenvalue weighted by molar-refractivity contribution is 5.66. The van der Waals surface area contributed by atoms with E-state index in [2.05, 4.69) is 26.7 Å². The van der Waals surface area contributed by atoms with Gasteiger partial charge in [-0.05, 0) is 26.0 Å². The maximum atomic E-state index is 10.4. The number of nitrogen functional groups attached to an aromatic ring is 1. The summed E-state index contributed by atoms with van der Waals surface area (Å²) in [6.45, 7) is 4.74. The normalized spacial score (nSPS) is 10.3. The Bertz CT molecular complexity index is 667. The van der Waals surface area contributed by atoms with Gasteiger partial charge in [0, 0.05) is 24.7 Å². The van der Waals surface area contributed by atoms with Gasteiger partial charge in [0.05, 0.1) is 5.69 Å². The largest absolute Gasteiger partial charge is 0.465 e. The Morgan fingerprint density at radius 1 is 1.14 bits per heavy atom. The first kappa shape index (κ1) is 15.6. The molecule has 1 heterocycles. The number of amides is 1. The Labute approximate surface area is 128 Å². The van der Waals surface area contributed by atoms with Crippen LogP contribution < -0.4 is 16.4 Å². The van der Waals surface area contributed by atoms with Crippen LogP contribution in [-0.4, -0.2) is 34.3 Å². The summed E-state index contributed by atoms with van der Waals surface area (Å²) < 4.78 is 0. The SMILES string of the molecule is Cc1cc(C)cc(-c2cc(NCCNC(=O)O)nc(N)n2)c1. The van der Waals surface area contributed by atoms with Crippen LogP contribution in [-0.2, 0) is 0 Å². The van der Waals surface area contributed by atoms with Crippen LogP contribution in [0.15, 0.2) is 24.3 Å². The van der Waals surface area contributed by atoms with Gasteiger partial charge in [-0.1, -0.05) is 17.2 Å². The first-order chi connectivity index (χ1) is 10.4. The van der Waals surface area contributed by atoms with Crippen molar-refractivity contribution in [3.8, 4) is 11.3 Å². The summed E-state index contributed by atoms with van der Waals surface area (Å²) in [6.07, 6.45) is -1.06. The quantitative estimate of drug-likeness (QED) is 0.628. The van der Waals surface area contributed by atoms with E-state index in [0.29, 0.717) is 12.4 Å². The number of anilines is 2. The molecule has 0 unspecified atom stereocenters. The molecule has 1 amide bonds. The van der Waals surface area contributed by atoms with Crippen LogP contribution in [0, 0.1) is 13.8 Å². The molecule has 2 aromatic rings. The minimum Gasteiger partial charge on any atom is -0.465 e. The molecule has 0 atom stereocenters. The molecular formula is C15H19N5O2. The molecule has 0 aliphatic rings. The molecule has 0 spiro atoms. The summed E-state index contributed by atoms with van der Waals surface area (Å²) in [6, 6.07) is 7.95. The van der Waals surface area contributed by atoms with Crippen LogP contribution in [0.25, 0.3) is 11.3 Å². The molecule has 22 heavy (non-hydrogen) atoms. The van der Waals surface area contributed by atoms with Gasteiger partial charge in [0.25, 0.3) is 0 Å². The van der Waals surface area contributed by atoms with Gasteiger partial charge in [-0.25, -0.2) is 9.78 Å². The number of benzene rings is 1. The minimum absolute atomic E-state index is 0.172. The zero-order valence-electron chi connectivity index (χ0n) is 12.6. The zero-order chi connectivity index (χ0) is 16.1. The number of nitrogens with two attached hydrogens (primary N) is 1. The summed E-state index contributed by atoms with van der Waals surface area (Å²) in [5.41, 5.74) is 9.75. The molecule has 116 valence electrons. The number of nitrogens with zero attached hydrogens (tertiary/aromatic N) is 2. The lowest BCUT2D eigenvalue weighted by atomic mass is 10.0. The highest BCUT2D eigenvalue weighted by Crippen LogP contribution is 2.23. The van der Waals surface area contributed by atoms with E-state index in [1.54, 1.807) is 6.07 Å². The lowest BCUT2D eigenvalue weighted by Gasteiger charge is -2.09. The first-order valence-corrected chi connectivity index (χ1v) is 6.88. The number of hydrogen-bond donors (Lipinski definition) is 4. The fourth-order valence-electron chi connectivity index (χ4n) is 2.19. The van der Waals surface area contributed by atoms with Crippen molar-refractivity contribution in [1.29, 1.82) is 0 Å². The van der Waals surface area contributed by atoms with Crippen molar-refractivity contribution < 1.29 is 9.90 Å². The predicted octanol–water partition coefficient (Wildman–Crippen LogP) is 2.02. The van der Waals surface area contributed by atoms with Crippen LogP contribution in [0.4, 0.5) is 16.6 Å². The van der Waals surface area contributed by atoms with E-state index in [1.165, 1.54) is 0 Å². The molecule has 1 aromatic heterocycles. The van der Waals surface area contributed by atoms with Crippen molar-refractivity contribution in [2.45, 2.75) is 13.8 Å². The number of nitrogens with one attached hydrogen (secondary N) is 2. The Morgan fingerprint density at radius 3 is 2.45 bits per heavy atom. The molecule has 0 saturated carbocycles. The van der Waals surface area contributed by atoms with Crippen molar-refractivity contribution in [1.82, 2.24) is 15.3 Å². The zero-order valence-corrected chi connectivity index (χ0v) is 12.6. The second kappa shape index (κ2) is 6.75. The third-order valence-corrected chi connectivity index (χ3v) is 2.97. The minimum atomic E-state index is -1.06. The summed E-state index contributed by atoms with van der Waals surface area (Å²) in [5.74, 6) is 0.735. The number of rotatable bonds is 5. The monoisotopic (exact) mass is 301 g/mol. The predicted molar refractivity (Wildman–Crippen MR) is 85.9 cm³/mol. The number of carboxylic acid groups (broad SMARTS) is 1. The lowest BCUT2D eigenvalue weighted by Crippen LogP contribution is -2.27. The third-order valence-electron chi connectivity index (χ3n) is 2.97. The number of hydrogen-bond acceptors (Lipinski definition) is 5. The van der Waals surface area contributed by atoms with Crippen LogP contribution >= 0.6 is 0 Å². The van der Waals surface area contributed by atoms with Crippen LogP contribution in [0.1, 0.15) is 11.1 Å². The van der Waals surface area contributed by atoms with Gasteiger partial charge < -0.3 is 21.5 Å². The Balaban J connectivity index is 2.17. The molecule has 7 heteroatoms. The van der Waals surface area contributed by atoms with Crippen molar-refractivity contribution in [2.24, 2.45) is 0 Å². The number of aromatic nitrogens is 2. The molecule has 0 fully saturated rings. The summed E-state index contributed by atoms with van der Waals surface area (Å²) >= 11 is 0. The molecule has 2 rings (SSSR count). The van der Waals surface area contributed by atoms with E-state index in [9.17, 15) is 4.79 Å². The average Bonchev–Trinajstić information content (AvgIpc) is 2.42. The highest BCUT2D eigenvalue weighted by Gasteiger charge is 2.06. The Morgan fingerprint density at radius 2 is 1.82 bits per heavy atom. The lowest BCUT2D eigenvalue weighted by molar-refractivity contribution is 0.195. The summed E-state index contributed by atoms with van der Waals surface area (Å²) in [4.78, 5) is 18.7. The van der Waals surface area contributed by atoms with E-state index >= 15 is 0 Å². The summed E-state index contributed by atoms with van der Waals surface area (Å²) in [5, 5.41) is 13.8. The van der Waals surface area contributed by atoms with E-state index in [4.69, 9.17) is 10.8 Å². The molecule has 0 aliphatic heterocycles. The van der Waals surface area contributed by atoms with Gasteiger partial charge in [-0.2, -0.15) is 4.98 Å². The van der Waals surface area contributed by atoms with E-state index in [-0.39, 0.29) is 12.5 Å². The molecule has 5 N–H and O–H groups in total. The van der Waals surface area contributed by atoms with Crippen molar-refractivity contribution in [3.63, 3.8) is 0 Å². The molecule has 0 saturated heterocycles. The molecule has 0 aliphatic carbocycles. The van der Waals surface area contributed by atoms with E-state index in [0.717, 1.165) is 22.4 Å². The smallest absolute Gasteiger partial charge is 0.404 e. The van der Waals surface area contributed by atoms with Gasteiger partial charge in [0.15, 0.2) is 0 Å². The average molecular weight is 301 g/mol. The molecule has 0 bridgehead atoms. The van der Waals surface area contributed by atoms with Gasteiger partial charge in [0.2, 0.25) is 5.95 Å². The molecule has 0 radical (unpaired) electrons. The third kappa shape index (κ3) is 4.34. The maximum absolute atomic E-state index is 10.4. The Kier molecular flexibility index (Phi) is 4.77. The van der Waals surface area contributed by atoms with Crippen LogP contribution in [0.2, 0.25) is 0 Å². The molecule has 7 nitrogen and oxygen atoms in total. The molecule has 1 aromatic carbocycles. The summed E-state index contributed by atoms with van der Waals surface area (Å²) in [7, 11) is 0. The standard InChI is InChI=1S/C15H19N5O2/c1-9-5-10(2)7-11(6-9)12-8-13(20-14(16)19-12)17-3-4-18-15(21)22/h5-8,18H,3-4H2,1-2H3,(H,21,22)(H3,16,17,19,20). The van der Waals surface area contributed by atoms with Crippen LogP contribution in [0.5, 0.6) is 0 Å². The van der Waals surface area contributed by atoms with Gasteiger partial charge in [-0.3, -0.25) is 0 Å². The number of aryl methyl sites for hydroxylation is 2. The highest BCUT2D eigenvalue weighted by atomic mass is 16.4. The van der Waals surface area contributed by atoms with Gasteiger partial charge in [0.1, 0.15) is 5.82 Å². The molecular weight excluding hydrogens is 282 g/mol. The van der Waals surface area contributed by atoms with Crippen molar-refractivity contribution >= 4 is 17.9 Å². The van der Waals surface area contributed by atoms with E-state index < -0.39 is 6.09 Å². The topological polar surface area (TPSA) is 113 Å².